The maximum absolute atomic E-state index is 16.0. The van der Waals surface area contributed by atoms with Crippen LogP contribution < -0.4 is 20.1 Å². The summed E-state index contributed by atoms with van der Waals surface area (Å²) in [6.45, 7) is 5.48. The highest BCUT2D eigenvalue weighted by atomic mass is 19.1. The van der Waals surface area contributed by atoms with Crippen molar-refractivity contribution >= 4 is 34.5 Å². The number of likely N-dealkylation sites (N-methyl/N-ethyl adjacent to an activating group) is 1. The number of hydrogen-bond acceptors (Lipinski definition) is 6. The number of ether oxygens (including phenoxy) is 2. The Morgan fingerprint density at radius 1 is 1.09 bits per heavy atom. The van der Waals surface area contributed by atoms with Crippen LogP contribution in [0.4, 0.5) is 14.9 Å². The third-order valence-corrected chi connectivity index (χ3v) is 9.06. The molecule has 10 heteroatoms. The second kappa shape index (κ2) is 13.4. The van der Waals surface area contributed by atoms with Gasteiger partial charge in [-0.2, -0.15) is 0 Å². The van der Waals surface area contributed by atoms with E-state index in [1.54, 1.807) is 24.3 Å². The number of amides is 2. The number of nitrogens with zero attached hydrogens (tertiary/aromatic N) is 3. The molecule has 2 fully saturated rings. The van der Waals surface area contributed by atoms with Crippen molar-refractivity contribution in [3.8, 4) is 11.5 Å². The van der Waals surface area contributed by atoms with Crippen LogP contribution in [0.3, 0.4) is 0 Å². The number of anilines is 1. The van der Waals surface area contributed by atoms with E-state index in [-0.39, 0.29) is 36.7 Å². The molecule has 0 bridgehead atoms. The summed E-state index contributed by atoms with van der Waals surface area (Å²) < 4.78 is 29.7. The second-order valence-corrected chi connectivity index (χ2v) is 11.8. The molecular formula is C34H44FN5O4. The molecule has 44 heavy (non-hydrogen) atoms. The normalized spacial score (nSPS) is 18.6. The zero-order valence-electron chi connectivity index (χ0n) is 25.2. The largest absolute Gasteiger partial charge is 0.497 e. The Labute approximate surface area is 259 Å². The van der Waals surface area contributed by atoms with Gasteiger partial charge in [0.25, 0.3) is 0 Å². The van der Waals surface area contributed by atoms with Crippen LogP contribution in [0.15, 0.2) is 36.1 Å². The summed E-state index contributed by atoms with van der Waals surface area (Å²) in [4.78, 5) is 30.3. The Bertz CT molecular complexity index is 1570. The third-order valence-electron chi connectivity index (χ3n) is 9.06. The summed E-state index contributed by atoms with van der Waals surface area (Å²) in [5, 5.41) is 5.94. The third kappa shape index (κ3) is 6.19. The molecular weight excluding hydrogens is 561 g/mol. The van der Waals surface area contributed by atoms with Gasteiger partial charge in [0.05, 0.1) is 18.2 Å². The van der Waals surface area contributed by atoms with Crippen molar-refractivity contribution in [2.24, 2.45) is 0 Å². The Morgan fingerprint density at radius 2 is 1.84 bits per heavy atom. The Hall–Kier alpha value is -3.89. The maximum atomic E-state index is 16.0. The van der Waals surface area contributed by atoms with Crippen molar-refractivity contribution in [2.45, 2.75) is 52.0 Å². The number of halogens is 1. The molecule has 2 N–H and O–H groups in total. The van der Waals surface area contributed by atoms with E-state index < -0.39 is 0 Å². The van der Waals surface area contributed by atoms with E-state index in [9.17, 15) is 9.59 Å². The lowest BCUT2D eigenvalue weighted by Gasteiger charge is -2.33. The molecule has 2 aliphatic heterocycles. The maximum Gasteiger partial charge on any atom is 0.318 e. The topological polar surface area (TPSA) is 88.1 Å². The highest BCUT2D eigenvalue weighted by molar-refractivity contribution is 6.16. The summed E-state index contributed by atoms with van der Waals surface area (Å²) in [6.07, 6.45) is 7.27. The molecule has 3 aliphatic rings. The molecule has 2 aromatic carbocycles. The minimum atomic E-state index is -0.375. The van der Waals surface area contributed by atoms with Gasteiger partial charge in [-0.15, -0.1) is 0 Å². The monoisotopic (exact) mass is 605 g/mol. The molecule has 9 nitrogen and oxygen atoms in total. The van der Waals surface area contributed by atoms with Crippen LogP contribution in [-0.4, -0.2) is 80.1 Å². The summed E-state index contributed by atoms with van der Waals surface area (Å²) in [7, 11) is 5.21. The van der Waals surface area contributed by atoms with Gasteiger partial charge in [0.15, 0.2) is 11.6 Å². The van der Waals surface area contributed by atoms with E-state index in [4.69, 9.17) is 9.47 Å². The van der Waals surface area contributed by atoms with Crippen LogP contribution in [0.25, 0.3) is 17.0 Å². The van der Waals surface area contributed by atoms with E-state index in [1.165, 1.54) is 26.6 Å². The number of piperazine rings is 1. The van der Waals surface area contributed by atoms with Crippen molar-refractivity contribution in [1.29, 1.82) is 0 Å². The molecule has 0 spiro atoms. The number of fused-ring (bicyclic) bond motifs is 2. The zero-order chi connectivity index (χ0) is 30.1. The number of carbonyl (C=O) groups is 2. The predicted octanol–water partition coefficient (Wildman–Crippen LogP) is 6.09. The van der Waals surface area contributed by atoms with Crippen molar-refractivity contribution in [3.05, 3.63) is 58.7 Å². The fourth-order valence-electron chi connectivity index (χ4n) is 6.68. The number of ketones is 1. The number of hydrogen-bond donors (Lipinski definition) is 2. The lowest BCUT2D eigenvalue weighted by Crippen LogP contribution is -2.45. The van der Waals surface area contributed by atoms with Crippen molar-refractivity contribution in [1.82, 2.24) is 19.7 Å². The van der Waals surface area contributed by atoms with Crippen LogP contribution in [0, 0.1) is 5.82 Å². The SMILES string of the molecule is C.CNC(=O)Nc1ccc2c(c1)C(=O)/C(=C/c1c(C3CCCCC3)n(CCN3CCN(C)CC3)c3c(F)cc(OC)cc13)O2. The molecule has 0 atom stereocenters. The molecule has 1 saturated carbocycles. The number of aromatic nitrogens is 1. The van der Waals surface area contributed by atoms with E-state index >= 15 is 4.39 Å². The second-order valence-electron chi connectivity index (χ2n) is 11.8. The fourth-order valence-corrected chi connectivity index (χ4v) is 6.68. The number of allylic oxidation sites excluding steroid dienone is 1. The first kappa shape index (κ1) is 31.5. The molecule has 0 radical (unpaired) electrons. The number of nitrogens with one attached hydrogen (secondary N) is 2. The van der Waals surface area contributed by atoms with Gasteiger partial charge >= 0.3 is 6.03 Å². The van der Waals surface area contributed by atoms with E-state index in [0.717, 1.165) is 75.1 Å². The molecule has 2 amide bonds. The van der Waals surface area contributed by atoms with Crippen molar-refractivity contribution in [3.63, 3.8) is 0 Å². The first-order valence-corrected chi connectivity index (χ1v) is 15.2. The summed E-state index contributed by atoms with van der Waals surface area (Å²) in [5.41, 5.74) is 3.30. The number of rotatable bonds is 7. The van der Waals surface area contributed by atoms with Gasteiger partial charge in [-0.25, -0.2) is 9.18 Å². The summed E-state index contributed by atoms with van der Waals surface area (Å²) >= 11 is 0. The quantitative estimate of drug-likeness (QED) is 0.317. The lowest BCUT2D eigenvalue weighted by molar-refractivity contribution is 0.101. The fraction of sp³-hybridized carbons (Fsp3) is 0.471. The Kier molecular flexibility index (Phi) is 9.60. The van der Waals surface area contributed by atoms with Gasteiger partial charge in [-0.1, -0.05) is 26.7 Å². The van der Waals surface area contributed by atoms with Gasteiger partial charge in [0, 0.05) is 74.7 Å². The average molecular weight is 606 g/mol. The lowest BCUT2D eigenvalue weighted by atomic mass is 9.85. The molecule has 0 unspecified atom stereocenters. The van der Waals surface area contributed by atoms with Crippen LogP contribution in [-0.2, 0) is 6.54 Å². The van der Waals surface area contributed by atoms with Crippen molar-refractivity contribution in [2.75, 3.05) is 59.2 Å². The molecule has 236 valence electrons. The predicted molar refractivity (Wildman–Crippen MR) is 172 cm³/mol. The minimum absolute atomic E-state index is 0. The van der Waals surface area contributed by atoms with Crippen LogP contribution >= 0.6 is 0 Å². The van der Waals surface area contributed by atoms with Crippen LogP contribution in [0.5, 0.6) is 11.5 Å². The molecule has 1 saturated heterocycles. The highest BCUT2D eigenvalue weighted by Gasteiger charge is 2.32. The standard InChI is InChI=1S/C33H40FN5O4.CH4/c1-35-33(41)36-22-9-10-28-26(17-22)32(40)29(43-28)20-25-24-18-23(42-3)19-27(34)31(24)39(30(25)21-7-5-4-6-8-21)16-15-38-13-11-37(2)12-14-38;/h9-10,17-21H,4-8,11-16H2,1-3H3,(H2,35,36,41);1H4/b29-20-;. The molecule has 1 aliphatic carbocycles. The Morgan fingerprint density at radius 3 is 2.55 bits per heavy atom. The summed E-state index contributed by atoms with van der Waals surface area (Å²) in [6, 6.07) is 7.95. The van der Waals surface area contributed by atoms with E-state index in [2.05, 4.69) is 32.0 Å². The first-order valence-electron chi connectivity index (χ1n) is 15.2. The first-order chi connectivity index (χ1) is 20.9. The number of benzene rings is 2. The number of methoxy groups -OCH3 is 1. The summed E-state index contributed by atoms with van der Waals surface area (Å²) in [5.74, 6) is 0.690. The molecule has 3 heterocycles. The molecule has 1 aromatic heterocycles. The zero-order valence-corrected chi connectivity index (χ0v) is 25.2. The number of urea groups is 1. The van der Waals surface area contributed by atoms with Gasteiger partial charge in [0.1, 0.15) is 11.5 Å². The van der Waals surface area contributed by atoms with E-state index in [0.29, 0.717) is 34.8 Å². The molecule has 3 aromatic rings. The van der Waals surface area contributed by atoms with Gasteiger partial charge in [-0.3, -0.25) is 9.69 Å². The van der Waals surface area contributed by atoms with Gasteiger partial charge < -0.3 is 29.6 Å². The Balaban J connectivity index is 0.00000384. The van der Waals surface area contributed by atoms with Crippen LogP contribution in [0.2, 0.25) is 0 Å². The van der Waals surface area contributed by atoms with Gasteiger partial charge in [-0.05, 0) is 56.1 Å². The molecule has 6 rings (SSSR count). The number of carbonyl (C=O) groups excluding carboxylic acids is 2. The highest BCUT2D eigenvalue weighted by Crippen LogP contribution is 2.43. The smallest absolute Gasteiger partial charge is 0.318 e. The van der Waals surface area contributed by atoms with E-state index in [1.807, 2.05) is 6.07 Å². The minimum Gasteiger partial charge on any atom is -0.497 e. The number of Topliss-reactive ketones (excluding diaryl/α,β-unsaturated/α-hetero) is 1. The van der Waals surface area contributed by atoms with Crippen molar-refractivity contribution < 1.29 is 23.5 Å². The average Bonchev–Trinajstić information content (AvgIpc) is 3.50. The van der Waals surface area contributed by atoms with Gasteiger partial charge in [0.2, 0.25) is 5.78 Å². The van der Waals surface area contributed by atoms with Crippen LogP contribution in [0.1, 0.15) is 67.1 Å².